The van der Waals surface area contributed by atoms with Crippen LogP contribution in [0.25, 0.3) is 0 Å². The van der Waals surface area contributed by atoms with E-state index in [4.69, 9.17) is 4.74 Å². The molecule has 0 N–H and O–H groups in total. The molecule has 1 aromatic carbocycles. The lowest BCUT2D eigenvalue weighted by Gasteiger charge is -2.18. The molecule has 2 unspecified atom stereocenters. The molecule has 1 nitrogen and oxygen atoms in total. The molecule has 0 spiro atoms. The molecule has 100 valence electrons. The lowest BCUT2D eigenvalue weighted by Crippen LogP contribution is -2.07. The van der Waals surface area contributed by atoms with E-state index in [2.05, 4.69) is 54.0 Å². The Labute approximate surface area is 119 Å². The van der Waals surface area contributed by atoms with E-state index in [1.807, 2.05) is 0 Å². The third kappa shape index (κ3) is 4.01. The van der Waals surface area contributed by atoms with Crippen LogP contribution in [0.5, 0.6) is 5.75 Å². The molecule has 0 bridgehead atoms. The highest BCUT2D eigenvalue weighted by atomic mass is 79.9. The fourth-order valence-electron chi connectivity index (χ4n) is 2.72. The van der Waals surface area contributed by atoms with Gasteiger partial charge in [0.2, 0.25) is 0 Å². The molecule has 2 rings (SSSR count). The van der Waals surface area contributed by atoms with Crippen LogP contribution >= 0.6 is 15.9 Å². The quantitative estimate of drug-likeness (QED) is 0.545. The Hall–Kier alpha value is -0.500. The van der Waals surface area contributed by atoms with E-state index in [0.717, 1.165) is 5.75 Å². The summed E-state index contributed by atoms with van der Waals surface area (Å²) in [6, 6.07) is 8.67. The number of halogens is 1. The predicted molar refractivity (Wildman–Crippen MR) is 80.7 cm³/mol. The first kappa shape index (κ1) is 13.9. The third-order valence-corrected chi connectivity index (χ3v) is 4.39. The van der Waals surface area contributed by atoms with Gasteiger partial charge in [0.1, 0.15) is 5.75 Å². The monoisotopic (exact) mass is 310 g/mol. The molecule has 1 fully saturated rings. The summed E-state index contributed by atoms with van der Waals surface area (Å²) in [5.41, 5.74) is 1.44. The van der Waals surface area contributed by atoms with Crippen molar-refractivity contribution >= 4 is 15.9 Å². The number of rotatable bonds is 3. The van der Waals surface area contributed by atoms with Gasteiger partial charge in [0.25, 0.3) is 0 Å². The van der Waals surface area contributed by atoms with Crippen LogP contribution in [0.4, 0.5) is 0 Å². The Morgan fingerprint density at radius 3 is 2.78 bits per heavy atom. The summed E-state index contributed by atoms with van der Waals surface area (Å²) < 4.78 is 5.79. The lowest BCUT2D eigenvalue weighted by atomic mass is 9.92. The molecule has 18 heavy (non-hydrogen) atoms. The van der Waals surface area contributed by atoms with Gasteiger partial charge in [0.05, 0.1) is 6.10 Å². The second-order valence-electron chi connectivity index (χ2n) is 5.55. The molecule has 0 aromatic heterocycles. The van der Waals surface area contributed by atoms with Crippen molar-refractivity contribution in [3.63, 3.8) is 0 Å². The number of ether oxygens (including phenoxy) is 1. The van der Waals surface area contributed by atoms with Crippen molar-refractivity contribution in [3.05, 3.63) is 29.8 Å². The molecule has 2 heteroatoms. The minimum atomic E-state index is 0.248. The van der Waals surface area contributed by atoms with Crippen LogP contribution < -0.4 is 4.74 Å². The van der Waals surface area contributed by atoms with Gasteiger partial charge in [0.15, 0.2) is 0 Å². The lowest BCUT2D eigenvalue weighted by molar-refractivity contribution is 0.242. The third-order valence-electron chi connectivity index (χ3n) is 3.56. The average molecular weight is 311 g/mol. The fourth-order valence-corrected chi connectivity index (χ4v) is 3.49. The number of alkyl halides is 1. The van der Waals surface area contributed by atoms with Gasteiger partial charge in [-0.1, -0.05) is 40.9 Å². The number of hydrogen-bond acceptors (Lipinski definition) is 1. The first-order valence-electron chi connectivity index (χ1n) is 7.06. The predicted octanol–water partition coefficient (Wildman–Crippen LogP) is 5.29. The zero-order valence-electron chi connectivity index (χ0n) is 11.4. The van der Waals surface area contributed by atoms with E-state index in [0.29, 0.717) is 10.7 Å². The van der Waals surface area contributed by atoms with Gasteiger partial charge in [-0.3, -0.25) is 0 Å². The van der Waals surface area contributed by atoms with E-state index < -0.39 is 0 Å². The van der Waals surface area contributed by atoms with Gasteiger partial charge in [-0.05, 0) is 56.7 Å². The molecule has 0 saturated heterocycles. The van der Waals surface area contributed by atoms with Crippen molar-refractivity contribution in [2.45, 2.75) is 62.8 Å². The molecule has 1 saturated carbocycles. The Bertz CT molecular complexity index is 375. The van der Waals surface area contributed by atoms with Crippen LogP contribution in [-0.4, -0.2) is 10.9 Å². The zero-order chi connectivity index (χ0) is 13.0. The fraction of sp³-hybridized carbons (Fsp3) is 0.625. The van der Waals surface area contributed by atoms with Crippen molar-refractivity contribution < 1.29 is 4.74 Å². The van der Waals surface area contributed by atoms with E-state index in [-0.39, 0.29) is 6.10 Å². The highest BCUT2D eigenvalue weighted by molar-refractivity contribution is 9.09. The first-order valence-corrected chi connectivity index (χ1v) is 7.97. The van der Waals surface area contributed by atoms with Crippen LogP contribution in [-0.2, 0) is 0 Å². The summed E-state index contributed by atoms with van der Waals surface area (Å²) in [5, 5.41) is 0. The molecule has 1 aliphatic rings. The van der Waals surface area contributed by atoms with Crippen LogP contribution in [0.3, 0.4) is 0 Å². The maximum absolute atomic E-state index is 5.79. The Morgan fingerprint density at radius 2 is 2.00 bits per heavy atom. The molecule has 0 aliphatic heterocycles. The normalized spacial score (nSPS) is 24.9. The van der Waals surface area contributed by atoms with Crippen LogP contribution in [0.1, 0.15) is 57.4 Å². The van der Waals surface area contributed by atoms with E-state index in [1.165, 1.54) is 37.7 Å². The number of benzene rings is 1. The molecular weight excluding hydrogens is 288 g/mol. The number of hydrogen-bond donors (Lipinski definition) is 0. The van der Waals surface area contributed by atoms with Crippen molar-refractivity contribution in [2.24, 2.45) is 0 Å². The minimum absolute atomic E-state index is 0.248. The van der Waals surface area contributed by atoms with Crippen LogP contribution in [0, 0.1) is 0 Å². The van der Waals surface area contributed by atoms with Crippen molar-refractivity contribution in [1.29, 1.82) is 0 Å². The van der Waals surface area contributed by atoms with Gasteiger partial charge < -0.3 is 4.74 Å². The maximum atomic E-state index is 5.79. The Balaban J connectivity index is 2.11. The second kappa shape index (κ2) is 6.60. The van der Waals surface area contributed by atoms with Gasteiger partial charge in [-0.2, -0.15) is 0 Å². The largest absolute Gasteiger partial charge is 0.491 e. The van der Waals surface area contributed by atoms with Gasteiger partial charge >= 0.3 is 0 Å². The van der Waals surface area contributed by atoms with Gasteiger partial charge in [0, 0.05) is 4.83 Å². The summed E-state index contributed by atoms with van der Waals surface area (Å²) in [4.78, 5) is 0.680. The molecule has 2 atom stereocenters. The first-order chi connectivity index (χ1) is 8.65. The molecular formula is C16H23BrO. The molecule has 1 aliphatic carbocycles. The topological polar surface area (TPSA) is 9.23 Å². The van der Waals surface area contributed by atoms with Crippen molar-refractivity contribution in [3.8, 4) is 5.75 Å². The highest BCUT2D eigenvalue weighted by Gasteiger charge is 2.20. The van der Waals surface area contributed by atoms with Gasteiger partial charge in [-0.15, -0.1) is 0 Å². The summed E-state index contributed by atoms with van der Waals surface area (Å²) >= 11 is 3.80. The SMILES string of the molecule is CC(C)Oc1cccc(C2CCCCC(Br)C2)c1. The van der Waals surface area contributed by atoms with E-state index >= 15 is 0 Å². The second-order valence-corrected chi connectivity index (χ2v) is 6.85. The maximum Gasteiger partial charge on any atom is 0.119 e. The summed E-state index contributed by atoms with van der Waals surface area (Å²) in [5.74, 6) is 1.70. The summed E-state index contributed by atoms with van der Waals surface area (Å²) in [6.07, 6.45) is 6.84. The summed E-state index contributed by atoms with van der Waals surface area (Å²) in [6.45, 7) is 4.15. The van der Waals surface area contributed by atoms with Crippen LogP contribution in [0.15, 0.2) is 24.3 Å². The van der Waals surface area contributed by atoms with Crippen molar-refractivity contribution in [1.82, 2.24) is 0 Å². The average Bonchev–Trinajstić information content (AvgIpc) is 2.53. The zero-order valence-corrected chi connectivity index (χ0v) is 12.9. The highest BCUT2D eigenvalue weighted by Crippen LogP contribution is 2.35. The molecule has 0 heterocycles. The van der Waals surface area contributed by atoms with E-state index in [1.54, 1.807) is 0 Å². The minimum Gasteiger partial charge on any atom is -0.491 e. The Morgan fingerprint density at radius 1 is 1.22 bits per heavy atom. The molecule has 1 aromatic rings. The standard InChI is InChI=1S/C16H23BrO/c1-12(2)18-16-9-5-7-14(11-16)13-6-3-4-8-15(17)10-13/h5,7,9,11-13,15H,3-4,6,8,10H2,1-2H3. The Kier molecular flexibility index (Phi) is 5.11. The van der Waals surface area contributed by atoms with Gasteiger partial charge in [-0.25, -0.2) is 0 Å². The van der Waals surface area contributed by atoms with Crippen LogP contribution in [0.2, 0.25) is 0 Å². The van der Waals surface area contributed by atoms with Crippen molar-refractivity contribution in [2.75, 3.05) is 0 Å². The smallest absolute Gasteiger partial charge is 0.119 e. The molecule has 0 amide bonds. The van der Waals surface area contributed by atoms with E-state index in [9.17, 15) is 0 Å². The molecule has 0 radical (unpaired) electrons. The summed E-state index contributed by atoms with van der Waals surface area (Å²) in [7, 11) is 0.